The molecular formula is C19H26ClIN6O. The molecule has 1 saturated heterocycles. The molecule has 0 bridgehead atoms. The molecule has 9 heteroatoms. The second kappa shape index (κ2) is 11.3. The van der Waals surface area contributed by atoms with Crippen LogP contribution in [0.5, 0.6) is 5.75 Å². The monoisotopic (exact) mass is 516 g/mol. The molecule has 1 unspecified atom stereocenters. The van der Waals surface area contributed by atoms with Crippen molar-refractivity contribution in [1.29, 1.82) is 0 Å². The van der Waals surface area contributed by atoms with Gasteiger partial charge in [0.1, 0.15) is 11.9 Å². The zero-order valence-electron chi connectivity index (χ0n) is 16.1. The van der Waals surface area contributed by atoms with Crippen molar-refractivity contribution in [1.82, 2.24) is 20.2 Å². The predicted molar refractivity (Wildman–Crippen MR) is 124 cm³/mol. The number of benzene rings is 1. The van der Waals surface area contributed by atoms with Crippen LogP contribution in [0.4, 0.5) is 5.95 Å². The van der Waals surface area contributed by atoms with Crippen LogP contribution in [0.15, 0.2) is 47.7 Å². The average molecular weight is 517 g/mol. The molecule has 7 nitrogen and oxygen atoms in total. The number of aliphatic imine (C=N–C) groups is 1. The van der Waals surface area contributed by atoms with Gasteiger partial charge in [-0.05, 0) is 37.3 Å². The molecule has 1 aliphatic heterocycles. The van der Waals surface area contributed by atoms with Gasteiger partial charge in [-0.2, -0.15) is 0 Å². The first-order valence-electron chi connectivity index (χ1n) is 9.05. The number of piperazine rings is 1. The molecule has 2 aromatic rings. The van der Waals surface area contributed by atoms with E-state index >= 15 is 0 Å². The summed E-state index contributed by atoms with van der Waals surface area (Å²) in [6.07, 6.45) is 3.55. The highest BCUT2D eigenvalue weighted by atomic mass is 127. The van der Waals surface area contributed by atoms with Gasteiger partial charge in [-0.1, -0.05) is 11.6 Å². The van der Waals surface area contributed by atoms with E-state index in [1.54, 1.807) is 19.4 Å². The number of nitrogens with one attached hydrogen (secondary N) is 1. The summed E-state index contributed by atoms with van der Waals surface area (Å²) < 4.78 is 5.91. The first-order chi connectivity index (χ1) is 13.2. The molecule has 0 radical (unpaired) electrons. The van der Waals surface area contributed by atoms with E-state index in [1.807, 2.05) is 37.3 Å². The highest BCUT2D eigenvalue weighted by molar-refractivity contribution is 14.0. The van der Waals surface area contributed by atoms with Crippen molar-refractivity contribution in [3.05, 3.63) is 47.7 Å². The summed E-state index contributed by atoms with van der Waals surface area (Å²) in [5.74, 6) is 2.47. The molecule has 2 heterocycles. The van der Waals surface area contributed by atoms with Crippen molar-refractivity contribution in [2.45, 2.75) is 13.0 Å². The summed E-state index contributed by atoms with van der Waals surface area (Å²) in [4.78, 5) is 17.5. The van der Waals surface area contributed by atoms with E-state index in [1.165, 1.54) is 0 Å². The van der Waals surface area contributed by atoms with Crippen molar-refractivity contribution in [2.75, 3.05) is 44.7 Å². The van der Waals surface area contributed by atoms with Crippen LogP contribution in [0.25, 0.3) is 0 Å². The van der Waals surface area contributed by atoms with Gasteiger partial charge in [-0.15, -0.1) is 24.0 Å². The van der Waals surface area contributed by atoms with Crippen molar-refractivity contribution in [3.8, 4) is 5.75 Å². The number of guanidine groups is 1. The van der Waals surface area contributed by atoms with Gasteiger partial charge in [0.2, 0.25) is 5.95 Å². The summed E-state index contributed by atoms with van der Waals surface area (Å²) in [7, 11) is 1.81. The topological polar surface area (TPSA) is 65.9 Å². The van der Waals surface area contributed by atoms with E-state index in [0.717, 1.165) is 43.8 Å². The molecule has 1 fully saturated rings. The van der Waals surface area contributed by atoms with Crippen LogP contribution in [0, 0.1) is 0 Å². The molecule has 0 amide bonds. The van der Waals surface area contributed by atoms with Crippen LogP contribution in [0.3, 0.4) is 0 Å². The van der Waals surface area contributed by atoms with Crippen molar-refractivity contribution in [3.63, 3.8) is 0 Å². The Bertz CT molecular complexity index is 738. The van der Waals surface area contributed by atoms with Crippen LogP contribution in [-0.4, -0.2) is 66.7 Å². The van der Waals surface area contributed by atoms with Gasteiger partial charge < -0.3 is 19.9 Å². The maximum Gasteiger partial charge on any atom is 0.225 e. The quantitative estimate of drug-likeness (QED) is 0.375. The maximum absolute atomic E-state index is 5.91. The minimum Gasteiger partial charge on any atom is -0.489 e. The number of anilines is 1. The molecule has 1 aromatic heterocycles. The van der Waals surface area contributed by atoms with E-state index in [4.69, 9.17) is 16.3 Å². The van der Waals surface area contributed by atoms with Gasteiger partial charge >= 0.3 is 0 Å². The van der Waals surface area contributed by atoms with Crippen LogP contribution >= 0.6 is 35.6 Å². The van der Waals surface area contributed by atoms with Gasteiger partial charge in [0, 0.05) is 50.6 Å². The molecule has 1 atom stereocenters. The Hall–Kier alpha value is -1.81. The minimum atomic E-state index is 0. The number of hydrogen-bond donors (Lipinski definition) is 1. The smallest absolute Gasteiger partial charge is 0.225 e. The fourth-order valence-corrected chi connectivity index (χ4v) is 3.05. The lowest BCUT2D eigenvalue weighted by molar-refractivity contribution is 0.221. The fraction of sp³-hybridized carbons (Fsp3) is 0.421. The normalized spacial score (nSPS) is 15.6. The fourth-order valence-electron chi connectivity index (χ4n) is 2.93. The maximum atomic E-state index is 5.91. The highest BCUT2D eigenvalue weighted by Gasteiger charge is 2.21. The summed E-state index contributed by atoms with van der Waals surface area (Å²) >= 11 is 5.90. The Morgan fingerprint density at radius 1 is 1.18 bits per heavy atom. The van der Waals surface area contributed by atoms with E-state index in [-0.39, 0.29) is 30.1 Å². The zero-order chi connectivity index (χ0) is 19.1. The van der Waals surface area contributed by atoms with E-state index < -0.39 is 0 Å². The van der Waals surface area contributed by atoms with Gasteiger partial charge in [-0.3, -0.25) is 4.99 Å². The molecule has 28 heavy (non-hydrogen) atoms. The summed E-state index contributed by atoms with van der Waals surface area (Å²) in [5.41, 5.74) is 0. The second-order valence-corrected chi connectivity index (χ2v) is 6.77. The third-order valence-corrected chi connectivity index (χ3v) is 4.58. The van der Waals surface area contributed by atoms with E-state index in [2.05, 4.69) is 30.1 Å². The van der Waals surface area contributed by atoms with Crippen molar-refractivity contribution >= 4 is 47.5 Å². The number of nitrogens with zero attached hydrogens (tertiary/aromatic N) is 5. The lowest BCUT2D eigenvalue weighted by Gasteiger charge is -2.36. The first kappa shape index (κ1) is 22.5. The molecule has 1 aliphatic rings. The molecule has 1 N–H and O–H groups in total. The van der Waals surface area contributed by atoms with Gasteiger partial charge in [0.05, 0.1) is 6.54 Å². The second-order valence-electron chi connectivity index (χ2n) is 6.33. The Kier molecular flexibility index (Phi) is 9.04. The van der Waals surface area contributed by atoms with Crippen molar-refractivity contribution < 1.29 is 4.74 Å². The lowest BCUT2D eigenvalue weighted by atomic mass is 10.3. The Balaban J connectivity index is 0.00000280. The SMILES string of the molecule is CN=C(NCC(C)Oc1ccc(Cl)cc1)N1CCN(c2ncccn2)CC1.I. The van der Waals surface area contributed by atoms with Crippen LogP contribution in [-0.2, 0) is 0 Å². The Morgan fingerprint density at radius 2 is 1.82 bits per heavy atom. The van der Waals surface area contributed by atoms with Crippen LogP contribution in [0.1, 0.15) is 6.92 Å². The van der Waals surface area contributed by atoms with Gasteiger partial charge in [0.15, 0.2) is 5.96 Å². The molecule has 0 saturated carbocycles. The standard InChI is InChI=1S/C19H25ClN6O.HI/c1-15(27-17-6-4-16(20)5-7-17)14-24-18(21-2)25-10-12-26(13-11-25)19-22-8-3-9-23-19;/h3-9,15H,10-14H2,1-2H3,(H,21,24);1H. The van der Waals surface area contributed by atoms with E-state index in [9.17, 15) is 0 Å². The predicted octanol–water partition coefficient (Wildman–Crippen LogP) is 2.91. The molecule has 3 rings (SSSR count). The number of rotatable bonds is 5. The number of halogens is 2. The summed E-state index contributed by atoms with van der Waals surface area (Å²) in [6.45, 7) is 6.15. The molecule has 1 aromatic carbocycles. The Morgan fingerprint density at radius 3 is 2.43 bits per heavy atom. The molecule has 152 valence electrons. The third-order valence-electron chi connectivity index (χ3n) is 4.32. The zero-order valence-corrected chi connectivity index (χ0v) is 19.2. The average Bonchev–Trinajstić information content (AvgIpc) is 2.71. The summed E-state index contributed by atoms with van der Waals surface area (Å²) in [5, 5.41) is 4.10. The van der Waals surface area contributed by atoms with Crippen LogP contribution < -0.4 is 15.0 Å². The molecular weight excluding hydrogens is 491 g/mol. The summed E-state index contributed by atoms with van der Waals surface area (Å²) in [6, 6.07) is 9.23. The van der Waals surface area contributed by atoms with Gasteiger partial charge in [-0.25, -0.2) is 9.97 Å². The highest BCUT2D eigenvalue weighted by Crippen LogP contribution is 2.16. The Labute approximate surface area is 188 Å². The largest absolute Gasteiger partial charge is 0.489 e. The lowest BCUT2D eigenvalue weighted by Crippen LogP contribution is -2.53. The van der Waals surface area contributed by atoms with E-state index in [0.29, 0.717) is 11.6 Å². The van der Waals surface area contributed by atoms with Crippen molar-refractivity contribution in [2.24, 2.45) is 4.99 Å². The first-order valence-corrected chi connectivity index (χ1v) is 9.43. The number of ether oxygens (including phenoxy) is 1. The third kappa shape index (κ3) is 6.37. The molecule has 0 aliphatic carbocycles. The number of aromatic nitrogens is 2. The minimum absolute atomic E-state index is 0. The van der Waals surface area contributed by atoms with Crippen LogP contribution in [0.2, 0.25) is 5.02 Å². The number of hydrogen-bond acceptors (Lipinski definition) is 5. The molecule has 0 spiro atoms. The van der Waals surface area contributed by atoms with Gasteiger partial charge in [0.25, 0.3) is 0 Å².